The van der Waals surface area contributed by atoms with E-state index in [1.165, 1.54) is 11.3 Å². The van der Waals surface area contributed by atoms with Crippen molar-refractivity contribution in [1.29, 1.82) is 0 Å². The van der Waals surface area contributed by atoms with Crippen molar-refractivity contribution in [2.45, 2.75) is 51.5 Å². The molecule has 2 aromatic heterocycles. The van der Waals surface area contributed by atoms with Crippen molar-refractivity contribution < 1.29 is 5.11 Å². The van der Waals surface area contributed by atoms with Gasteiger partial charge in [-0.2, -0.15) is 0 Å². The molecular formula is C26H29N5O. The summed E-state index contributed by atoms with van der Waals surface area (Å²) in [6, 6.07) is 18.6. The van der Waals surface area contributed by atoms with Gasteiger partial charge in [0, 0.05) is 19.3 Å². The molecule has 2 heterocycles. The lowest BCUT2D eigenvalue weighted by Gasteiger charge is -2.35. The number of rotatable bonds is 7. The fourth-order valence-electron chi connectivity index (χ4n) is 4.83. The van der Waals surface area contributed by atoms with Crippen LogP contribution < -0.4 is 5.73 Å². The molecule has 6 nitrogen and oxygen atoms in total. The Morgan fingerprint density at radius 1 is 1.06 bits per heavy atom. The molecule has 0 saturated carbocycles. The highest BCUT2D eigenvalue weighted by atomic mass is 16.3. The van der Waals surface area contributed by atoms with E-state index < -0.39 is 0 Å². The highest BCUT2D eigenvalue weighted by molar-refractivity contribution is 5.74. The van der Waals surface area contributed by atoms with Gasteiger partial charge in [0.2, 0.25) is 0 Å². The van der Waals surface area contributed by atoms with Crippen LogP contribution in [0.2, 0.25) is 0 Å². The number of para-hydroxylation sites is 2. The molecule has 0 fully saturated rings. The summed E-state index contributed by atoms with van der Waals surface area (Å²) in [5.74, 6) is 0.946. The summed E-state index contributed by atoms with van der Waals surface area (Å²) in [5, 5.41) is 9.68. The molecule has 2 aromatic carbocycles. The lowest BCUT2D eigenvalue weighted by Crippen LogP contribution is -2.32. The second-order valence-electron chi connectivity index (χ2n) is 8.53. The second kappa shape index (κ2) is 9.20. The van der Waals surface area contributed by atoms with Crippen LogP contribution in [-0.2, 0) is 32.7 Å². The minimum absolute atomic E-state index is 0.0231. The fourth-order valence-corrected chi connectivity index (χ4v) is 4.83. The molecule has 0 spiro atoms. The van der Waals surface area contributed by atoms with Crippen molar-refractivity contribution in [2.24, 2.45) is 5.73 Å². The Bertz CT molecular complexity index is 1180. The highest BCUT2D eigenvalue weighted by Gasteiger charge is 2.28. The van der Waals surface area contributed by atoms with E-state index in [2.05, 4.69) is 28.1 Å². The van der Waals surface area contributed by atoms with Crippen LogP contribution in [0.1, 0.15) is 52.7 Å². The number of aliphatic hydroxyl groups is 1. The van der Waals surface area contributed by atoms with Crippen molar-refractivity contribution in [3.63, 3.8) is 0 Å². The minimum Gasteiger partial charge on any atom is -0.392 e. The number of hydrogen-bond donors (Lipinski definition) is 3. The van der Waals surface area contributed by atoms with E-state index in [0.29, 0.717) is 13.1 Å². The van der Waals surface area contributed by atoms with Crippen LogP contribution in [0.15, 0.2) is 60.8 Å². The predicted molar refractivity (Wildman–Crippen MR) is 126 cm³/mol. The number of aromatic nitrogens is 3. The Morgan fingerprint density at radius 2 is 1.97 bits per heavy atom. The van der Waals surface area contributed by atoms with E-state index in [9.17, 15) is 5.11 Å². The Balaban J connectivity index is 1.53. The average molecular weight is 428 g/mol. The first-order valence-corrected chi connectivity index (χ1v) is 11.3. The number of H-pyrrole nitrogens is 1. The van der Waals surface area contributed by atoms with Gasteiger partial charge in [0.1, 0.15) is 5.82 Å². The SMILES string of the molecule is NCc1ccc(CO)cc1CN(Cc1nc2ccccc2[nH]1)C1CCCc2cccnc21. The molecule has 0 radical (unpaired) electrons. The highest BCUT2D eigenvalue weighted by Crippen LogP contribution is 2.35. The van der Waals surface area contributed by atoms with Crippen LogP contribution in [0.4, 0.5) is 0 Å². The van der Waals surface area contributed by atoms with E-state index in [1.54, 1.807) is 0 Å². The summed E-state index contributed by atoms with van der Waals surface area (Å²) in [5.41, 5.74) is 13.8. The molecule has 1 atom stereocenters. The Labute approximate surface area is 188 Å². The number of pyridine rings is 1. The molecule has 1 aliphatic carbocycles. The van der Waals surface area contributed by atoms with Crippen molar-refractivity contribution in [3.05, 3.63) is 94.6 Å². The van der Waals surface area contributed by atoms with Gasteiger partial charge in [-0.15, -0.1) is 0 Å². The molecule has 32 heavy (non-hydrogen) atoms. The zero-order chi connectivity index (χ0) is 21.9. The Kier molecular flexibility index (Phi) is 5.99. The number of benzene rings is 2. The number of aliphatic hydroxyl groups excluding tert-OH is 1. The van der Waals surface area contributed by atoms with Crippen molar-refractivity contribution in [1.82, 2.24) is 19.9 Å². The maximum Gasteiger partial charge on any atom is 0.121 e. The molecule has 4 N–H and O–H groups in total. The van der Waals surface area contributed by atoms with Crippen LogP contribution in [0.5, 0.6) is 0 Å². The van der Waals surface area contributed by atoms with Gasteiger partial charge in [-0.25, -0.2) is 4.98 Å². The van der Waals surface area contributed by atoms with E-state index in [4.69, 9.17) is 15.7 Å². The molecule has 1 unspecified atom stereocenters. The topological polar surface area (TPSA) is 91.1 Å². The number of imidazole rings is 1. The summed E-state index contributed by atoms with van der Waals surface area (Å²) in [4.78, 5) is 15.6. The largest absolute Gasteiger partial charge is 0.392 e. The monoisotopic (exact) mass is 427 g/mol. The van der Waals surface area contributed by atoms with E-state index in [1.807, 2.05) is 42.6 Å². The lowest BCUT2D eigenvalue weighted by molar-refractivity contribution is 0.153. The summed E-state index contributed by atoms with van der Waals surface area (Å²) >= 11 is 0. The Hall–Kier alpha value is -3.06. The molecule has 4 aromatic rings. The van der Waals surface area contributed by atoms with Crippen LogP contribution in [-0.4, -0.2) is 25.0 Å². The van der Waals surface area contributed by atoms with Gasteiger partial charge < -0.3 is 15.8 Å². The summed E-state index contributed by atoms with van der Waals surface area (Å²) in [6.07, 6.45) is 5.17. The van der Waals surface area contributed by atoms with Gasteiger partial charge >= 0.3 is 0 Å². The fraction of sp³-hybridized carbons (Fsp3) is 0.308. The Morgan fingerprint density at radius 3 is 2.81 bits per heavy atom. The third-order valence-electron chi connectivity index (χ3n) is 6.44. The number of hydrogen-bond acceptors (Lipinski definition) is 5. The molecule has 0 saturated heterocycles. The maximum atomic E-state index is 9.68. The third kappa shape index (κ3) is 4.17. The van der Waals surface area contributed by atoms with E-state index in [0.717, 1.165) is 59.4 Å². The van der Waals surface area contributed by atoms with Gasteiger partial charge in [-0.3, -0.25) is 9.88 Å². The number of nitrogens with one attached hydrogen (secondary N) is 1. The minimum atomic E-state index is 0.0231. The summed E-state index contributed by atoms with van der Waals surface area (Å²) in [7, 11) is 0. The van der Waals surface area contributed by atoms with E-state index >= 15 is 0 Å². The van der Waals surface area contributed by atoms with Crippen LogP contribution in [0.25, 0.3) is 11.0 Å². The van der Waals surface area contributed by atoms with Gasteiger partial charge in [0.05, 0.1) is 35.9 Å². The number of fused-ring (bicyclic) bond motifs is 2. The quantitative estimate of drug-likeness (QED) is 0.415. The van der Waals surface area contributed by atoms with Crippen LogP contribution in [0, 0.1) is 0 Å². The molecule has 164 valence electrons. The molecule has 6 heteroatoms. The number of aromatic amines is 1. The smallest absolute Gasteiger partial charge is 0.121 e. The number of nitrogens with zero attached hydrogens (tertiary/aromatic N) is 3. The number of aryl methyl sites for hydroxylation is 1. The summed E-state index contributed by atoms with van der Waals surface area (Å²) < 4.78 is 0. The predicted octanol–water partition coefficient (Wildman–Crippen LogP) is 3.99. The lowest BCUT2D eigenvalue weighted by atomic mass is 9.90. The van der Waals surface area contributed by atoms with Gasteiger partial charge in [0.25, 0.3) is 0 Å². The zero-order valence-corrected chi connectivity index (χ0v) is 18.2. The first-order valence-electron chi connectivity index (χ1n) is 11.3. The second-order valence-corrected chi connectivity index (χ2v) is 8.53. The van der Waals surface area contributed by atoms with Crippen molar-refractivity contribution in [3.8, 4) is 0 Å². The van der Waals surface area contributed by atoms with Gasteiger partial charge in [-0.05, 0) is 59.7 Å². The van der Waals surface area contributed by atoms with Gasteiger partial charge in [-0.1, -0.05) is 36.4 Å². The van der Waals surface area contributed by atoms with Crippen molar-refractivity contribution >= 4 is 11.0 Å². The van der Waals surface area contributed by atoms with Crippen molar-refractivity contribution in [2.75, 3.05) is 0 Å². The molecule has 0 aliphatic heterocycles. The zero-order valence-electron chi connectivity index (χ0n) is 18.2. The molecule has 5 rings (SSSR count). The first-order chi connectivity index (χ1) is 15.7. The third-order valence-corrected chi connectivity index (χ3v) is 6.44. The van der Waals surface area contributed by atoms with E-state index in [-0.39, 0.29) is 12.6 Å². The van der Waals surface area contributed by atoms with Crippen LogP contribution in [0.3, 0.4) is 0 Å². The normalized spacial score (nSPS) is 15.9. The molecule has 1 aliphatic rings. The summed E-state index contributed by atoms with van der Waals surface area (Å²) in [6.45, 7) is 1.90. The molecule has 0 amide bonds. The van der Waals surface area contributed by atoms with Gasteiger partial charge in [0.15, 0.2) is 0 Å². The molecule has 0 bridgehead atoms. The van der Waals surface area contributed by atoms with Crippen LogP contribution >= 0.6 is 0 Å². The first kappa shape index (κ1) is 20.8. The average Bonchev–Trinajstić information content (AvgIpc) is 3.25. The standard InChI is InChI=1S/C26H29N5O/c27-14-20-11-10-18(17-32)13-21(20)15-31(16-25-29-22-7-1-2-8-23(22)30-25)24-9-3-5-19-6-4-12-28-26(19)24/h1-2,4,6-8,10-13,24,32H,3,5,9,14-17,27H2,(H,29,30). The maximum absolute atomic E-state index is 9.68. The molecular weight excluding hydrogens is 398 g/mol. The number of nitrogens with two attached hydrogens (primary N) is 1.